The van der Waals surface area contributed by atoms with E-state index < -0.39 is 24.5 Å². The first kappa shape index (κ1) is 22.8. The number of esters is 1. The van der Waals surface area contributed by atoms with Crippen molar-refractivity contribution in [3.05, 3.63) is 68.4 Å². The summed E-state index contributed by atoms with van der Waals surface area (Å²) in [5.74, 6) is -1.28. The molecule has 0 amide bonds. The number of hydrogen-bond donors (Lipinski definition) is 1. The lowest BCUT2D eigenvalue weighted by atomic mass is 9.81. The van der Waals surface area contributed by atoms with Gasteiger partial charge in [-0.15, -0.1) is 0 Å². The third-order valence-electron chi connectivity index (χ3n) is 4.82. The third-order valence-corrected chi connectivity index (χ3v) is 5.05. The van der Waals surface area contributed by atoms with Crippen molar-refractivity contribution in [2.45, 2.75) is 51.6 Å². The lowest BCUT2D eigenvalue weighted by molar-refractivity contribution is -0.137. The van der Waals surface area contributed by atoms with Gasteiger partial charge < -0.3 is 10.1 Å². The first-order chi connectivity index (χ1) is 13.6. The molecule has 0 fully saturated rings. The van der Waals surface area contributed by atoms with Crippen LogP contribution in [0.2, 0.25) is 5.02 Å². The number of halogens is 4. The molecule has 29 heavy (non-hydrogen) atoms. The number of unbranched alkanes of at least 4 members (excludes halogenated alkanes) is 1. The van der Waals surface area contributed by atoms with Crippen LogP contribution in [0.15, 0.2) is 40.9 Å². The van der Waals surface area contributed by atoms with Crippen molar-refractivity contribution in [3.63, 3.8) is 0 Å². The number of alkyl halides is 3. The number of carbonyl (C=O) groups excluding carboxylic acids is 1. The Labute approximate surface area is 173 Å². The van der Waals surface area contributed by atoms with E-state index in [0.29, 0.717) is 22.1 Å². The molecule has 0 saturated heterocycles. The summed E-state index contributed by atoms with van der Waals surface area (Å²) in [5.41, 5.74) is 3.18. The van der Waals surface area contributed by atoms with Crippen LogP contribution in [0.1, 0.15) is 49.7 Å². The van der Waals surface area contributed by atoms with Gasteiger partial charge in [-0.05, 0) is 56.4 Å². The van der Waals surface area contributed by atoms with Gasteiger partial charge in [-0.25, -0.2) is 9.64 Å². The van der Waals surface area contributed by atoms with Crippen molar-refractivity contribution in [2.75, 3.05) is 7.11 Å². The van der Waals surface area contributed by atoms with Crippen molar-refractivity contribution in [3.8, 4) is 0 Å². The fourth-order valence-corrected chi connectivity index (χ4v) is 3.70. The van der Waals surface area contributed by atoms with Gasteiger partial charge in [0.1, 0.15) is 0 Å². The van der Waals surface area contributed by atoms with E-state index in [1.807, 2.05) is 6.92 Å². The van der Waals surface area contributed by atoms with Crippen molar-refractivity contribution in [2.24, 2.45) is 0 Å². The predicted octanol–water partition coefficient (Wildman–Crippen LogP) is 6.04. The zero-order valence-corrected chi connectivity index (χ0v) is 17.2. The SMILES string of the molecule is [C-]#[N+]C1=C(C)NC(CCCCC(F)(F)F)=C(C(=O)OC)C1c1ccc(Cl)cc1C. The number of dihydropyridines is 1. The number of allylic oxidation sites excluding steroid dienone is 3. The summed E-state index contributed by atoms with van der Waals surface area (Å²) in [6, 6.07) is 5.19. The van der Waals surface area contributed by atoms with E-state index >= 15 is 0 Å². The van der Waals surface area contributed by atoms with Gasteiger partial charge in [0, 0.05) is 22.8 Å². The van der Waals surface area contributed by atoms with E-state index in [9.17, 15) is 18.0 Å². The molecule has 1 aromatic rings. The quantitative estimate of drug-likeness (QED) is 0.343. The molecule has 0 saturated carbocycles. The van der Waals surface area contributed by atoms with Gasteiger partial charge in [-0.3, -0.25) is 0 Å². The van der Waals surface area contributed by atoms with Gasteiger partial charge in [0.05, 0.1) is 25.2 Å². The van der Waals surface area contributed by atoms with E-state index in [-0.39, 0.29) is 24.8 Å². The summed E-state index contributed by atoms with van der Waals surface area (Å²) in [5, 5.41) is 3.58. The van der Waals surface area contributed by atoms with Crippen LogP contribution in [0.4, 0.5) is 13.2 Å². The normalized spacial score (nSPS) is 17.1. The Kier molecular flexibility index (Phi) is 7.37. The van der Waals surface area contributed by atoms with E-state index in [2.05, 4.69) is 10.2 Å². The Hall–Kier alpha value is -2.46. The number of aryl methyl sites for hydroxylation is 1. The summed E-state index contributed by atoms with van der Waals surface area (Å²) in [4.78, 5) is 16.3. The molecule has 1 heterocycles. The average molecular weight is 427 g/mol. The van der Waals surface area contributed by atoms with E-state index in [0.717, 1.165) is 11.1 Å². The van der Waals surface area contributed by atoms with Crippen LogP contribution in [-0.4, -0.2) is 19.3 Å². The molecule has 1 N–H and O–H groups in total. The maximum Gasteiger partial charge on any atom is 0.389 e. The molecule has 0 bridgehead atoms. The molecule has 0 radical (unpaired) electrons. The molecule has 1 unspecified atom stereocenters. The Morgan fingerprint density at radius 2 is 2.00 bits per heavy atom. The summed E-state index contributed by atoms with van der Waals surface area (Å²) in [7, 11) is 1.24. The van der Waals surface area contributed by atoms with Gasteiger partial charge in [0.2, 0.25) is 0 Å². The number of carbonyl (C=O) groups is 1. The molecular formula is C21H22ClF3N2O2. The maximum atomic E-state index is 12.6. The average Bonchev–Trinajstić information content (AvgIpc) is 2.63. The smallest absolute Gasteiger partial charge is 0.389 e. The maximum absolute atomic E-state index is 12.6. The summed E-state index contributed by atoms with van der Waals surface area (Å²) in [6.07, 6.45) is -4.65. The molecule has 8 heteroatoms. The highest BCUT2D eigenvalue weighted by Gasteiger charge is 2.36. The minimum absolute atomic E-state index is 0.0494. The summed E-state index contributed by atoms with van der Waals surface area (Å²) >= 11 is 6.05. The van der Waals surface area contributed by atoms with Crippen LogP contribution in [0, 0.1) is 13.5 Å². The molecule has 2 rings (SSSR count). The Morgan fingerprint density at radius 1 is 1.31 bits per heavy atom. The Balaban J connectivity index is 2.49. The molecule has 0 spiro atoms. The minimum atomic E-state index is -4.21. The Morgan fingerprint density at radius 3 is 2.55 bits per heavy atom. The number of nitrogens with zero attached hydrogens (tertiary/aromatic N) is 1. The lowest BCUT2D eigenvalue weighted by Crippen LogP contribution is -2.29. The van der Waals surface area contributed by atoms with Gasteiger partial charge in [0.25, 0.3) is 0 Å². The van der Waals surface area contributed by atoms with Crippen LogP contribution in [0.3, 0.4) is 0 Å². The zero-order valence-electron chi connectivity index (χ0n) is 16.4. The fraction of sp³-hybridized carbons (Fsp3) is 0.429. The second-order valence-corrected chi connectivity index (χ2v) is 7.32. The summed E-state index contributed by atoms with van der Waals surface area (Å²) < 4.78 is 42.3. The molecule has 4 nitrogen and oxygen atoms in total. The molecule has 0 aromatic heterocycles. The first-order valence-electron chi connectivity index (χ1n) is 9.08. The zero-order chi connectivity index (χ0) is 21.8. The summed E-state index contributed by atoms with van der Waals surface area (Å²) in [6.45, 7) is 11.2. The molecule has 1 atom stereocenters. The number of benzene rings is 1. The van der Waals surface area contributed by atoms with Crippen molar-refractivity contribution >= 4 is 17.6 Å². The van der Waals surface area contributed by atoms with Crippen molar-refractivity contribution < 1.29 is 22.7 Å². The highest BCUT2D eigenvalue weighted by Crippen LogP contribution is 2.42. The van der Waals surface area contributed by atoms with Crippen molar-refractivity contribution in [1.29, 1.82) is 0 Å². The topological polar surface area (TPSA) is 42.7 Å². The van der Waals surface area contributed by atoms with Crippen LogP contribution in [0.5, 0.6) is 0 Å². The van der Waals surface area contributed by atoms with Gasteiger partial charge >= 0.3 is 12.1 Å². The molecule has 0 aliphatic carbocycles. The molecule has 156 valence electrons. The second kappa shape index (κ2) is 9.36. The largest absolute Gasteiger partial charge is 0.466 e. The second-order valence-electron chi connectivity index (χ2n) is 6.89. The van der Waals surface area contributed by atoms with Crippen molar-refractivity contribution in [1.82, 2.24) is 5.32 Å². The molecular weight excluding hydrogens is 405 g/mol. The van der Waals surface area contributed by atoms with E-state index in [4.69, 9.17) is 22.9 Å². The van der Waals surface area contributed by atoms with Crippen LogP contribution >= 0.6 is 11.6 Å². The van der Waals surface area contributed by atoms with Crippen LogP contribution < -0.4 is 5.32 Å². The molecule has 1 aromatic carbocycles. The molecule has 1 aliphatic rings. The number of ether oxygens (including phenoxy) is 1. The monoisotopic (exact) mass is 426 g/mol. The first-order valence-corrected chi connectivity index (χ1v) is 9.46. The highest BCUT2D eigenvalue weighted by molar-refractivity contribution is 6.30. The van der Waals surface area contributed by atoms with Crippen LogP contribution in [0.25, 0.3) is 4.85 Å². The fourth-order valence-electron chi connectivity index (χ4n) is 3.47. The van der Waals surface area contributed by atoms with Gasteiger partial charge in [-0.1, -0.05) is 17.7 Å². The molecule has 1 aliphatic heterocycles. The standard InChI is InChI=1S/C21H22ClF3N2O2/c1-12-11-14(22)8-9-15(12)17-18(20(28)29-4)16(27-13(2)19(17)26-3)7-5-6-10-21(23,24)25/h8-9,11,17,27H,5-7,10H2,1-2,4H3. The van der Waals surface area contributed by atoms with Gasteiger partial charge in [0.15, 0.2) is 5.70 Å². The highest BCUT2D eigenvalue weighted by atomic mass is 35.5. The minimum Gasteiger partial charge on any atom is -0.466 e. The van der Waals surface area contributed by atoms with Gasteiger partial charge in [-0.2, -0.15) is 13.2 Å². The Bertz CT molecular complexity index is 898. The number of nitrogens with one attached hydrogen (secondary N) is 1. The number of rotatable bonds is 6. The number of hydrogen-bond acceptors (Lipinski definition) is 3. The van der Waals surface area contributed by atoms with E-state index in [1.54, 1.807) is 25.1 Å². The number of methoxy groups -OCH3 is 1. The third kappa shape index (κ3) is 5.54. The van der Waals surface area contributed by atoms with Crippen LogP contribution in [-0.2, 0) is 9.53 Å². The van der Waals surface area contributed by atoms with E-state index in [1.165, 1.54) is 7.11 Å². The predicted molar refractivity (Wildman–Crippen MR) is 105 cm³/mol. The lowest BCUT2D eigenvalue weighted by Gasteiger charge is -2.30.